The van der Waals surface area contributed by atoms with Crippen LogP contribution in [0.25, 0.3) is 11.1 Å². The molecule has 9 heteroatoms. The van der Waals surface area contributed by atoms with Crippen LogP contribution in [0.2, 0.25) is 0 Å². The first-order chi connectivity index (χ1) is 20.1. The number of carboxylic acid groups (broad SMARTS) is 1. The Balaban J connectivity index is 1.65. The van der Waals surface area contributed by atoms with Crippen LogP contribution in [0.4, 0.5) is 0 Å². The second-order valence-corrected chi connectivity index (χ2v) is 15.4. The molecule has 0 aromatic heterocycles. The van der Waals surface area contributed by atoms with Crippen molar-refractivity contribution in [3.05, 3.63) is 59.2 Å². The molecule has 4 rings (SSSR count). The highest BCUT2D eigenvalue weighted by Gasteiger charge is 2.36. The van der Waals surface area contributed by atoms with Crippen LogP contribution in [-0.4, -0.2) is 72.4 Å². The van der Waals surface area contributed by atoms with E-state index < -0.39 is 27.8 Å². The Morgan fingerprint density at radius 2 is 1.74 bits per heavy atom. The summed E-state index contributed by atoms with van der Waals surface area (Å²) in [5, 5.41) is 12.5. The highest BCUT2D eigenvalue weighted by atomic mass is 32.2. The van der Waals surface area contributed by atoms with Gasteiger partial charge in [-0.2, -0.15) is 11.8 Å². The summed E-state index contributed by atoms with van der Waals surface area (Å²) in [4.78, 5) is 27.8. The second kappa shape index (κ2) is 14.9. The van der Waals surface area contributed by atoms with E-state index in [0.717, 1.165) is 41.5 Å². The molecule has 1 heterocycles. The first-order valence-corrected chi connectivity index (χ1v) is 18.7. The summed E-state index contributed by atoms with van der Waals surface area (Å²) in [6.07, 6.45) is 13.0. The zero-order valence-corrected chi connectivity index (χ0v) is 26.8. The summed E-state index contributed by atoms with van der Waals surface area (Å²) in [6, 6.07) is 13.0. The number of nitrogens with zero attached hydrogens (tertiary/aromatic N) is 1. The summed E-state index contributed by atoms with van der Waals surface area (Å²) in [5.41, 5.74) is 4.17. The normalized spacial score (nSPS) is 20.8. The molecule has 1 aliphatic heterocycles. The Hall–Kier alpha value is -2.36. The van der Waals surface area contributed by atoms with E-state index >= 15 is 0 Å². The fraction of sp³-hybridized carbons (Fsp3) is 0.576. The van der Waals surface area contributed by atoms with Gasteiger partial charge in [0.2, 0.25) is 0 Å². The number of carboxylic acids is 1. The summed E-state index contributed by atoms with van der Waals surface area (Å²) in [6.45, 7) is 2.62. The van der Waals surface area contributed by atoms with Crippen molar-refractivity contribution in [2.24, 2.45) is 5.92 Å². The van der Waals surface area contributed by atoms with Crippen LogP contribution in [-0.2, 0) is 21.2 Å². The minimum Gasteiger partial charge on any atom is -0.480 e. The Bertz CT molecular complexity index is 1340. The van der Waals surface area contributed by atoms with Crippen LogP contribution in [0, 0.1) is 12.8 Å². The average molecular weight is 615 g/mol. The number of sulfone groups is 1. The molecule has 2 aromatic carbocycles. The van der Waals surface area contributed by atoms with E-state index in [1.165, 1.54) is 38.4 Å². The van der Waals surface area contributed by atoms with Gasteiger partial charge in [0.05, 0.1) is 5.75 Å². The monoisotopic (exact) mass is 614 g/mol. The third kappa shape index (κ3) is 8.83. The smallest absolute Gasteiger partial charge is 0.326 e. The zero-order valence-electron chi connectivity index (χ0n) is 25.2. The maximum Gasteiger partial charge on any atom is 0.326 e. The number of nitrogens with one attached hydrogen (secondary N) is 1. The molecule has 2 N–H and O–H groups in total. The van der Waals surface area contributed by atoms with Gasteiger partial charge in [0.25, 0.3) is 5.91 Å². The van der Waals surface area contributed by atoms with Gasteiger partial charge in [0.1, 0.15) is 15.9 Å². The molecule has 1 amide bonds. The van der Waals surface area contributed by atoms with Gasteiger partial charge in [-0.15, -0.1) is 0 Å². The third-order valence-corrected chi connectivity index (χ3v) is 10.6. The molecule has 2 aliphatic rings. The van der Waals surface area contributed by atoms with Gasteiger partial charge in [-0.05, 0) is 84.9 Å². The molecular formula is C33H46N2O5S2. The largest absolute Gasteiger partial charge is 0.480 e. The highest BCUT2D eigenvalue weighted by molar-refractivity contribution is 7.98. The van der Waals surface area contributed by atoms with Crippen molar-refractivity contribution in [3.8, 4) is 11.1 Å². The maximum absolute atomic E-state index is 13.5. The number of hydrogen-bond donors (Lipinski definition) is 2. The van der Waals surface area contributed by atoms with Gasteiger partial charge in [-0.3, -0.25) is 9.69 Å². The maximum atomic E-state index is 13.5. The van der Waals surface area contributed by atoms with Crippen molar-refractivity contribution < 1.29 is 23.1 Å². The van der Waals surface area contributed by atoms with Gasteiger partial charge in [-0.25, -0.2) is 13.2 Å². The molecule has 7 nitrogen and oxygen atoms in total. The predicted molar refractivity (Wildman–Crippen MR) is 172 cm³/mol. The first-order valence-electron chi connectivity index (χ1n) is 15.2. The lowest BCUT2D eigenvalue weighted by Crippen LogP contribution is -2.41. The molecule has 0 bridgehead atoms. The van der Waals surface area contributed by atoms with Gasteiger partial charge in [0.15, 0.2) is 0 Å². The second-order valence-electron chi connectivity index (χ2n) is 12.2. The lowest BCUT2D eigenvalue weighted by Gasteiger charge is -2.33. The molecule has 3 atom stereocenters. The number of likely N-dealkylation sites (tertiary alicyclic amines) is 1. The van der Waals surface area contributed by atoms with Gasteiger partial charge in [-0.1, -0.05) is 62.4 Å². The van der Waals surface area contributed by atoms with E-state index in [1.54, 1.807) is 17.8 Å². The Morgan fingerprint density at radius 3 is 2.40 bits per heavy atom. The number of aliphatic carboxylic acids is 1. The molecular weight excluding hydrogens is 569 g/mol. The van der Waals surface area contributed by atoms with Crippen molar-refractivity contribution in [2.45, 2.75) is 89.4 Å². The van der Waals surface area contributed by atoms with Crippen LogP contribution in [0.1, 0.15) is 79.3 Å². The summed E-state index contributed by atoms with van der Waals surface area (Å²) < 4.78 is 24.7. The Labute approximate surface area is 255 Å². The summed E-state index contributed by atoms with van der Waals surface area (Å²) >= 11 is 1.55. The lowest BCUT2D eigenvalue weighted by molar-refractivity contribution is -0.139. The van der Waals surface area contributed by atoms with Crippen LogP contribution in [0.15, 0.2) is 42.5 Å². The molecule has 230 valence electrons. The number of aryl methyl sites for hydroxylation is 1. The van der Waals surface area contributed by atoms with Crippen molar-refractivity contribution in [3.63, 3.8) is 0 Å². The average Bonchev–Trinajstić information content (AvgIpc) is 3.30. The highest BCUT2D eigenvalue weighted by Crippen LogP contribution is 2.36. The third-order valence-electron chi connectivity index (χ3n) is 8.94. The molecule has 1 saturated heterocycles. The topological polar surface area (TPSA) is 104 Å². The van der Waals surface area contributed by atoms with Crippen molar-refractivity contribution >= 4 is 33.5 Å². The van der Waals surface area contributed by atoms with E-state index in [2.05, 4.69) is 10.2 Å². The minimum absolute atomic E-state index is 0.0220. The quantitative estimate of drug-likeness (QED) is 0.288. The van der Waals surface area contributed by atoms with E-state index in [4.69, 9.17) is 0 Å². The number of carbonyl (C=O) groups is 2. The van der Waals surface area contributed by atoms with Crippen LogP contribution in [0.5, 0.6) is 0 Å². The molecule has 2 aromatic rings. The van der Waals surface area contributed by atoms with E-state index in [0.29, 0.717) is 36.2 Å². The predicted octanol–water partition coefficient (Wildman–Crippen LogP) is 5.95. The summed E-state index contributed by atoms with van der Waals surface area (Å²) in [5.74, 6) is 0.0466. The van der Waals surface area contributed by atoms with Crippen LogP contribution in [0.3, 0.4) is 0 Å². The number of amides is 1. The van der Waals surface area contributed by atoms with E-state index in [9.17, 15) is 23.1 Å². The SMILES string of the molecule is CSCC[C@H](NC(=O)c1ccc(CN2[C@@H](CC3CCCCC3)CC[C@@H]2CS(C)(=O)=O)cc1-c1ccccc1C)C(=O)O. The minimum atomic E-state index is -3.13. The Kier molecular flexibility index (Phi) is 11.5. The van der Waals surface area contributed by atoms with E-state index in [-0.39, 0.29) is 11.8 Å². The standard InChI is InChI=1S/C33H46N2O5S2/c1-23-9-7-8-12-28(23)30-20-25(13-16-29(30)32(36)34-31(33(37)38)17-18-41-2)21-35-26(19-24-10-5-4-6-11-24)14-15-27(35)22-42(3,39)40/h7-9,12-13,16,20,24,26-27,31H,4-6,10-11,14-15,17-19,21-22H2,1-3H3,(H,34,36)(H,37,38)/t26-,27-,31+/m1/s1. The van der Waals surface area contributed by atoms with Crippen LogP contribution >= 0.6 is 11.8 Å². The lowest BCUT2D eigenvalue weighted by atomic mass is 9.84. The van der Waals surface area contributed by atoms with Crippen molar-refractivity contribution in [2.75, 3.05) is 24.0 Å². The number of thioether (sulfide) groups is 1. The molecule has 1 saturated carbocycles. The number of rotatable bonds is 13. The van der Waals surface area contributed by atoms with Gasteiger partial charge in [0, 0.05) is 30.4 Å². The Morgan fingerprint density at radius 1 is 1.02 bits per heavy atom. The molecule has 0 unspecified atom stereocenters. The van der Waals surface area contributed by atoms with Crippen molar-refractivity contribution in [1.82, 2.24) is 10.2 Å². The fourth-order valence-electron chi connectivity index (χ4n) is 6.79. The molecule has 0 spiro atoms. The molecule has 2 fully saturated rings. The molecule has 42 heavy (non-hydrogen) atoms. The number of carbonyl (C=O) groups excluding carboxylic acids is 1. The number of hydrogen-bond acceptors (Lipinski definition) is 6. The molecule has 1 aliphatic carbocycles. The van der Waals surface area contributed by atoms with Crippen LogP contribution < -0.4 is 5.32 Å². The van der Waals surface area contributed by atoms with E-state index in [1.807, 2.05) is 49.6 Å². The molecule has 0 radical (unpaired) electrons. The van der Waals surface area contributed by atoms with Crippen molar-refractivity contribution in [1.29, 1.82) is 0 Å². The zero-order chi connectivity index (χ0) is 30.3. The first kappa shape index (κ1) is 32.6. The number of benzene rings is 2. The summed E-state index contributed by atoms with van der Waals surface area (Å²) in [7, 11) is -3.13. The van der Waals surface area contributed by atoms with Gasteiger partial charge >= 0.3 is 5.97 Å². The van der Waals surface area contributed by atoms with Gasteiger partial charge < -0.3 is 10.4 Å². The fourth-order valence-corrected chi connectivity index (χ4v) is 8.32.